The molecule has 0 N–H and O–H groups in total. The van der Waals surface area contributed by atoms with E-state index < -0.39 is 0 Å². The summed E-state index contributed by atoms with van der Waals surface area (Å²) in [6.07, 6.45) is 3.44. The van der Waals surface area contributed by atoms with Crippen LogP contribution in [0.25, 0.3) is 10.8 Å². The van der Waals surface area contributed by atoms with E-state index in [0.29, 0.717) is 11.1 Å². The highest BCUT2D eigenvalue weighted by molar-refractivity contribution is 5.85. The Morgan fingerprint density at radius 1 is 1.31 bits per heavy atom. The van der Waals surface area contributed by atoms with Crippen LogP contribution in [-0.2, 0) is 0 Å². The van der Waals surface area contributed by atoms with Gasteiger partial charge in [0.15, 0.2) is 0 Å². The van der Waals surface area contributed by atoms with Gasteiger partial charge in [0, 0.05) is 17.8 Å². The van der Waals surface area contributed by atoms with Crippen molar-refractivity contribution in [1.29, 1.82) is 0 Å². The number of aromatic nitrogens is 1. The first-order chi connectivity index (χ1) is 6.20. The van der Waals surface area contributed by atoms with E-state index in [0.717, 1.165) is 10.8 Å². The van der Waals surface area contributed by atoms with Crippen molar-refractivity contribution < 1.29 is 4.39 Å². The van der Waals surface area contributed by atoms with E-state index in [9.17, 15) is 4.39 Å². The van der Waals surface area contributed by atoms with Crippen molar-refractivity contribution in [2.45, 2.75) is 13.8 Å². The number of aryl methyl sites for hydroxylation is 2. The molecule has 1 aromatic carbocycles. The molecule has 2 aromatic rings. The van der Waals surface area contributed by atoms with Gasteiger partial charge in [-0.1, -0.05) is 0 Å². The summed E-state index contributed by atoms with van der Waals surface area (Å²) in [6, 6.07) is 3.66. The van der Waals surface area contributed by atoms with Crippen LogP contribution in [0.2, 0.25) is 0 Å². The standard InChI is InChI=1S/C11H10FN/c1-7-5-9-6-13-4-3-10(9)8(2)11(7)12/h3-6H,1-2H3. The molecule has 0 aliphatic carbocycles. The second-order valence-electron chi connectivity index (χ2n) is 3.23. The van der Waals surface area contributed by atoms with Gasteiger partial charge in [-0.15, -0.1) is 0 Å². The molecule has 0 saturated carbocycles. The summed E-state index contributed by atoms with van der Waals surface area (Å²) < 4.78 is 13.4. The highest BCUT2D eigenvalue weighted by atomic mass is 19.1. The van der Waals surface area contributed by atoms with Gasteiger partial charge in [0.05, 0.1) is 0 Å². The largest absolute Gasteiger partial charge is 0.264 e. The maximum atomic E-state index is 13.4. The molecule has 2 rings (SSSR count). The third kappa shape index (κ3) is 1.18. The Kier molecular flexibility index (Phi) is 1.76. The first-order valence-corrected chi connectivity index (χ1v) is 4.19. The Morgan fingerprint density at radius 3 is 2.85 bits per heavy atom. The minimum atomic E-state index is -0.112. The Morgan fingerprint density at radius 2 is 2.08 bits per heavy atom. The van der Waals surface area contributed by atoms with E-state index in [1.54, 1.807) is 26.2 Å². The second kappa shape index (κ2) is 2.80. The average molecular weight is 175 g/mol. The fraction of sp³-hybridized carbons (Fsp3) is 0.182. The van der Waals surface area contributed by atoms with E-state index >= 15 is 0 Å². The number of nitrogens with zero attached hydrogens (tertiary/aromatic N) is 1. The molecule has 0 saturated heterocycles. The predicted molar refractivity (Wildman–Crippen MR) is 51.2 cm³/mol. The summed E-state index contributed by atoms with van der Waals surface area (Å²) in [4.78, 5) is 4.00. The molecule has 0 aliphatic heterocycles. The van der Waals surface area contributed by atoms with Crippen molar-refractivity contribution in [3.8, 4) is 0 Å². The minimum Gasteiger partial charge on any atom is -0.264 e. The Hall–Kier alpha value is -1.44. The van der Waals surface area contributed by atoms with Crippen LogP contribution in [0.5, 0.6) is 0 Å². The zero-order valence-corrected chi connectivity index (χ0v) is 7.63. The summed E-state index contributed by atoms with van der Waals surface area (Å²) in [7, 11) is 0. The Labute approximate surface area is 76.2 Å². The normalized spacial score (nSPS) is 10.7. The Balaban J connectivity index is 2.94. The fourth-order valence-corrected chi connectivity index (χ4v) is 1.57. The molecule has 0 unspecified atom stereocenters. The lowest BCUT2D eigenvalue weighted by molar-refractivity contribution is 0.612. The fourth-order valence-electron chi connectivity index (χ4n) is 1.57. The highest BCUT2D eigenvalue weighted by Gasteiger charge is 2.05. The lowest BCUT2D eigenvalue weighted by Crippen LogP contribution is -1.90. The molecule has 1 heterocycles. The van der Waals surface area contributed by atoms with Crippen LogP contribution in [0.4, 0.5) is 4.39 Å². The van der Waals surface area contributed by atoms with Gasteiger partial charge >= 0.3 is 0 Å². The number of benzene rings is 1. The molecule has 0 spiro atoms. The average Bonchev–Trinajstić information content (AvgIpc) is 2.15. The maximum absolute atomic E-state index is 13.4. The van der Waals surface area contributed by atoms with Crippen LogP contribution in [0.1, 0.15) is 11.1 Å². The molecule has 0 aliphatic rings. The SMILES string of the molecule is Cc1cc2cnccc2c(C)c1F. The minimum absolute atomic E-state index is 0.112. The topological polar surface area (TPSA) is 12.9 Å². The molecule has 0 radical (unpaired) electrons. The molecule has 2 heteroatoms. The van der Waals surface area contributed by atoms with Gasteiger partial charge in [0.1, 0.15) is 5.82 Å². The molecule has 1 aromatic heterocycles. The van der Waals surface area contributed by atoms with Crippen molar-refractivity contribution in [1.82, 2.24) is 4.98 Å². The number of hydrogen-bond donors (Lipinski definition) is 0. The number of pyridine rings is 1. The van der Waals surface area contributed by atoms with Crippen LogP contribution in [0.15, 0.2) is 24.5 Å². The molecule has 0 bridgehead atoms. The number of halogens is 1. The van der Waals surface area contributed by atoms with Crippen LogP contribution < -0.4 is 0 Å². The van der Waals surface area contributed by atoms with Gasteiger partial charge in [-0.25, -0.2) is 4.39 Å². The van der Waals surface area contributed by atoms with Crippen molar-refractivity contribution in [3.05, 3.63) is 41.5 Å². The summed E-state index contributed by atoms with van der Waals surface area (Å²) in [5.41, 5.74) is 1.38. The quantitative estimate of drug-likeness (QED) is 0.599. The van der Waals surface area contributed by atoms with E-state index in [4.69, 9.17) is 0 Å². The first-order valence-electron chi connectivity index (χ1n) is 4.19. The van der Waals surface area contributed by atoms with E-state index in [-0.39, 0.29) is 5.82 Å². The number of rotatable bonds is 0. The summed E-state index contributed by atoms with van der Waals surface area (Å²) in [5, 5.41) is 1.94. The number of hydrogen-bond acceptors (Lipinski definition) is 1. The monoisotopic (exact) mass is 175 g/mol. The molecule has 0 amide bonds. The van der Waals surface area contributed by atoms with Crippen LogP contribution in [-0.4, -0.2) is 4.98 Å². The Bertz CT molecular complexity index is 463. The van der Waals surface area contributed by atoms with Gasteiger partial charge in [-0.3, -0.25) is 4.98 Å². The predicted octanol–water partition coefficient (Wildman–Crippen LogP) is 2.99. The van der Waals surface area contributed by atoms with Crippen molar-refractivity contribution in [3.63, 3.8) is 0 Å². The summed E-state index contributed by atoms with van der Waals surface area (Å²) in [6.45, 7) is 3.57. The molecule has 13 heavy (non-hydrogen) atoms. The van der Waals surface area contributed by atoms with Gasteiger partial charge in [0.25, 0.3) is 0 Å². The zero-order valence-electron chi connectivity index (χ0n) is 7.63. The lowest BCUT2D eigenvalue weighted by Gasteiger charge is -2.05. The number of fused-ring (bicyclic) bond motifs is 1. The van der Waals surface area contributed by atoms with E-state index in [2.05, 4.69) is 4.98 Å². The summed E-state index contributed by atoms with van der Waals surface area (Å²) >= 11 is 0. The second-order valence-corrected chi connectivity index (χ2v) is 3.23. The van der Waals surface area contributed by atoms with Gasteiger partial charge in [-0.2, -0.15) is 0 Å². The maximum Gasteiger partial charge on any atom is 0.129 e. The van der Waals surface area contributed by atoms with Crippen LogP contribution in [0, 0.1) is 19.7 Å². The highest BCUT2D eigenvalue weighted by Crippen LogP contribution is 2.22. The van der Waals surface area contributed by atoms with Gasteiger partial charge < -0.3 is 0 Å². The third-order valence-electron chi connectivity index (χ3n) is 2.30. The smallest absolute Gasteiger partial charge is 0.129 e. The van der Waals surface area contributed by atoms with E-state index in [1.807, 2.05) is 12.1 Å². The molecular weight excluding hydrogens is 165 g/mol. The van der Waals surface area contributed by atoms with Crippen molar-refractivity contribution >= 4 is 10.8 Å². The molecule has 66 valence electrons. The van der Waals surface area contributed by atoms with Crippen molar-refractivity contribution in [2.24, 2.45) is 0 Å². The van der Waals surface area contributed by atoms with Crippen LogP contribution >= 0.6 is 0 Å². The van der Waals surface area contributed by atoms with Gasteiger partial charge in [0.2, 0.25) is 0 Å². The van der Waals surface area contributed by atoms with Gasteiger partial charge in [-0.05, 0) is 42.5 Å². The molecular formula is C11H10FN. The molecule has 0 atom stereocenters. The summed E-state index contributed by atoms with van der Waals surface area (Å²) in [5.74, 6) is -0.112. The third-order valence-corrected chi connectivity index (χ3v) is 2.30. The van der Waals surface area contributed by atoms with Crippen LogP contribution in [0.3, 0.4) is 0 Å². The molecule has 0 fully saturated rings. The van der Waals surface area contributed by atoms with Crippen molar-refractivity contribution in [2.75, 3.05) is 0 Å². The zero-order chi connectivity index (χ0) is 9.42. The van der Waals surface area contributed by atoms with E-state index in [1.165, 1.54) is 0 Å². The first kappa shape index (κ1) is 8.17. The molecule has 1 nitrogen and oxygen atoms in total. The lowest BCUT2D eigenvalue weighted by atomic mass is 10.0.